The van der Waals surface area contributed by atoms with Gasteiger partial charge in [0.1, 0.15) is 12.2 Å². The number of carboxylic acids is 1. The third-order valence-electron chi connectivity index (χ3n) is 6.10. The van der Waals surface area contributed by atoms with Crippen molar-refractivity contribution in [1.82, 2.24) is 0 Å². The van der Waals surface area contributed by atoms with Gasteiger partial charge in [0.25, 0.3) is 0 Å². The Bertz CT molecular complexity index is 734. The van der Waals surface area contributed by atoms with E-state index >= 15 is 0 Å². The molecule has 6 heteroatoms. The van der Waals surface area contributed by atoms with E-state index in [1.807, 2.05) is 30.3 Å². The van der Waals surface area contributed by atoms with E-state index < -0.39 is 16.8 Å². The zero-order chi connectivity index (χ0) is 19.5. The Morgan fingerprint density at radius 2 is 1.75 bits per heavy atom. The summed E-state index contributed by atoms with van der Waals surface area (Å²) in [5, 5.41) is 8.70. The molecule has 3 saturated heterocycles. The summed E-state index contributed by atoms with van der Waals surface area (Å²) in [5.74, 6) is 1.38. The van der Waals surface area contributed by atoms with Crippen molar-refractivity contribution in [2.75, 3.05) is 5.75 Å². The number of hydrogen-bond acceptors (Lipinski definition) is 4. The lowest BCUT2D eigenvalue weighted by molar-refractivity contribution is -0.137. The van der Waals surface area contributed by atoms with Gasteiger partial charge < -0.3 is 14.6 Å². The number of allylic oxidation sites excluding steroid dienone is 2. The summed E-state index contributed by atoms with van der Waals surface area (Å²) in [5.41, 5.74) is 1.12. The largest absolute Gasteiger partial charge is 0.481 e. The van der Waals surface area contributed by atoms with Crippen molar-refractivity contribution >= 4 is 16.8 Å². The first-order valence-electron chi connectivity index (χ1n) is 10.2. The van der Waals surface area contributed by atoms with E-state index in [0.717, 1.165) is 24.8 Å². The van der Waals surface area contributed by atoms with Crippen LogP contribution in [0.1, 0.15) is 37.7 Å². The first kappa shape index (κ1) is 19.8. The van der Waals surface area contributed by atoms with E-state index in [4.69, 9.17) is 14.6 Å². The monoisotopic (exact) mass is 404 g/mol. The standard InChI is InChI=1S/C22H28O5S/c23-18(24)11-7-2-1-6-10-16-17(20-22-21(27-22)19(16)26-20)12-13-28(25)14-15-8-4-3-5-9-15/h1,3-6,8-9,16-17,19-22H,2,7,10-14H2,(H,23,24)/b6-1-/t16-,17+,19+,20-,21-,22+,28?/m0/s1. The van der Waals surface area contributed by atoms with Gasteiger partial charge in [0, 0.05) is 28.7 Å². The molecule has 3 aliphatic rings. The summed E-state index contributed by atoms with van der Waals surface area (Å²) in [6, 6.07) is 10.0. The zero-order valence-electron chi connectivity index (χ0n) is 15.9. The molecule has 0 amide bonds. The van der Waals surface area contributed by atoms with Gasteiger partial charge in [-0.25, -0.2) is 0 Å². The van der Waals surface area contributed by atoms with Gasteiger partial charge in [0.05, 0.1) is 12.2 Å². The fourth-order valence-corrected chi connectivity index (χ4v) is 5.95. The van der Waals surface area contributed by atoms with Crippen LogP contribution in [0.3, 0.4) is 0 Å². The lowest BCUT2D eigenvalue weighted by atomic mass is 9.76. The molecule has 0 radical (unpaired) electrons. The number of unbranched alkanes of at least 4 members (excludes halogenated alkanes) is 1. The van der Waals surface area contributed by atoms with Gasteiger partial charge in [-0.3, -0.25) is 9.00 Å². The molecule has 5 nitrogen and oxygen atoms in total. The Morgan fingerprint density at radius 3 is 2.50 bits per heavy atom. The predicted molar refractivity (Wildman–Crippen MR) is 107 cm³/mol. The summed E-state index contributed by atoms with van der Waals surface area (Å²) >= 11 is 0. The molecular weight excluding hydrogens is 376 g/mol. The van der Waals surface area contributed by atoms with Gasteiger partial charge in [-0.05, 0) is 43.1 Å². The molecule has 0 aromatic heterocycles. The first-order chi connectivity index (χ1) is 13.6. The molecule has 3 aliphatic heterocycles. The third-order valence-corrected chi connectivity index (χ3v) is 7.45. The van der Waals surface area contributed by atoms with E-state index in [1.165, 1.54) is 0 Å². The second-order valence-corrected chi connectivity index (χ2v) is 9.59. The summed E-state index contributed by atoms with van der Waals surface area (Å²) in [4.78, 5) is 10.6. The van der Waals surface area contributed by atoms with Crippen molar-refractivity contribution in [3.63, 3.8) is 0 Å². The Balaban J connectivity index is 1.27. The average Bonchev–Trinajstić information content (AvgIpc) is 3.30. The predicted octanol–water partition coefficient (Wildman–Crippen LogP) is 3.31. The highest BCUT2D eigenvalue weighted by molar-refractivity contribution is 7.84. The molecule has 1 aromatic carbocycles. The van der Waals surface area contributed by atoms with Crippen LogP contribution in [0, 0.1) is 11.8 Å². The molecule has 0 aliphatic carbocycles. The molecule has 1 unspecified atom stereocenters. The van der Waals surface area contributed by atoms with Crippen LogP contribution < -0.4 is 0 Å². The molecule has 0 saturated carbocycles. The highest BCUT2D eigenvalue weighted by Crippen LogP contribution is 2.55. The van der Waals surface area contributed by atoms with Crippen LogP contribution in [0.2, 0.25) is 0 Å². The third kappa shape index (κ3) is 4.56. The Labute approximate surface area is 168 Å². The fraction of sp³-hybridized carbons (Fsp3) is 0.591. The van der Waals surface area contributed by atoms with Gasteiger partial charge in [0.2, 0.25) is 0 Å². The van der Waals surface area contributed by atoms with E-state index in [-0.39, 0.29) is 30.8 Å². The number of benzene rings is 1. The zero-order valence-corrected chi connectivity index (χ0v) is 16.8. The number of epoxide rings is 1. The number of aliphatic carboxylic acids is 1. The Hall–Kier alpha value is -1.50. The van der Waals surface area contributed by atoms with Crippen molar-refractivity contribution in [3.05, 3.63) is 48.0 Å². The van der Waals surface area contributed by atoms with Gasteiger partial charge in [-0.1, -0.05) is 42.5 Å². The summed E-state index contributed by atoms with van der Waals surface area (Å²) < 4.78 is 24.5. The van der Waals surface area contributed by atoms with Crippen LogP contribution in [0.5, 0.6) is 0 Å². The van der Waals surface area contributed by atoms with Crippen molar-refractivity contribution in [2.45, 2.75) is 62.3 Å². The van der Waals surface area contributed by atoms with Crippen molar-refractivity contribution < 1.29 is 23.6 Å². The second kappa shape index (κ2) is 8.89. The fourth-order valence-electron chi connectivity index (χ4n) is 4.71. The summed E-state index contributed by atoms with van der Waals surface area (Å²) in [6.07, 6.45) is 8.63. The molecule has 3 heterocycles. The van der Waals surface area contributed by atoms with Gasteiger partial charge in [0.15, 0.2) is 0 Å². The smallest absolute Gasteiger partial charge is 0.303 e. The van der Waals surface area contributed by atoms with Gasteiger partial charge >= 0.3 is 5.97 Å². The minimum atomic E-state index is -0.866. The number of carbonyl (C=O) groups is 1. The lowest BCUT2D eigenvalue weighted by Gasteiger charge is -2.25. The minimum absolute atomic E-state index is 0.161. The molecule has 2 bridgehead atoms. The maximum Gasteiger partial charge on any atom is 0.303 e. The lowest BCUT2D eigenvalue weighted by Crippen LogP contribution is -2.33. The second-order valence-electron chi connectivity index (χ2n) is 8.01. The van der Waals surface area contributed by atoms with Crippen molar-refractivity contribution in [2.24, 2.45) is 11.8 Å². The molecule has 0 spiro atoms. The van der Waals surface area contributed by atoms with E-state index in [9.17, 15) is 9.00 Å². The van der Waals surface area contributed by atoms with Gasteiger partial charge in [-0.15, -0.1) is 0 Å². The maximum absolute atomic E-state index is 12.5. The normalized spacial score (nSPS) is 33.9. The van der Waals surface area contributed by atoms with Crippen LogP contribution in [-0.2, 0) is 30.8 Å². The SMILES string of the molecule is O=C(O)CCC/C=C\C[C@H]1[C@@H](CCS(=O)Cc2ccccc2)[C@@H]2O[C@H]1[C@@H]1O[C@@H]12. The molecule has 1 aromatic rings. The number of hydrogen-bond donors (Lipinski definition) is 1. The van der Waals surface area contributed by atoms with Crippen LogP contribution in [0.25, 0.3) is 0 Å². The first-order valence-corrected chi connectivity index (χ1v) is 11.7. The number of carboxylic acid groups (broad SMARTS) is 1. The molecule has 7 atom stereocenters. The average molecular weight is 405 g/mol. The van der Waals surface area contributed by atoms with Crippen LogP contribution in [0.4, 0.5) is 0 Å². The quantitative estimate of drug-likeness (QED) is 0.348. The highest BCUT2D eigenvalue weighted by atomic mass is 32.2. The number of ether oxygens (including phenoxy) is 2. The Kier molecular flexibility index (Phi) is 6.28. The molecule has 152 valence electrons. The molecular formula is C22H28O5S. The number of rotatable bonds is 11. The van der Waals surface area contributed by atoms with Crippen LogP contribution >= 0.6 is 0 Å². The van der Waals surface area contributed by atoms with E-state index in [0.29, 0.717) is 29.8 Å². The van der Waals surface area contributed by atoms with Gasteiger partial charge in [-0.2, -0.15) is 0 Å². The molecule has 28 heavy (non-hydrogen) atoms. The summed E-state index contributed by atoms with van der Waals surface area (Å²) in [7, 11) is -0.866. The topological polar surface area (TPSA) is 76.1 Å². The van der Waals surface area contributed by atoms with Crippen molar-refractivity contribution in [3.8, 4) is 0 Å². The number of fused-ring (bicyclic) bond motifs is 5. The highest BCUT2D eigenvalue weighted by Gasteiger charge is 2.68. The summed E-state index contributed by atoms with van der Waals surface area (Å²) in [6.45, 7) is 0. The minimum Gasteiger partial charge on any atom is -0.481 e. The van der Waals surface area contributed by atoms with E-state index in [2.05, 4.69) is 12.2 Å². The van der Waals surface area contributed by atoms with Crippen LogP contribution in [-0.4, -0.2) is 45.5 Å². The van der Waals surface area contributed by atoms with Crippen LogP contribution in [0.15, 0.2) is 42.5 Å². The maximum atomic E-state index is 12.5. The molecule has 3 fully saturated rings. The molecule has 1 N–H and O–H groups in total. The van der Waals surface area contributed by atoms with E-state index in [1.54, 1.807) is 0 Å². The Morgan fingerprint density at radius 1 is 1.04 bits per heavy atom. The molecule has 4 rings (SSSR count). The van der Waals surface area contributed by atoms with Crippen molar-refractivity contribution in [1.29, 1.82) is 0 Å².